The molecule has 2 aromatic carbocycles. The van der Waals surface area contributed by atoms with Crippen LogP contribution in [0.3, 0.4) is 0 Å². The molecule has 1 saturated heterocycles. The average Bonchev–Trinajstić information content (AvgIpc) is 3.44. The number of pyridine rings is 1. The smallest absolute Gasteiger partial charge is 0.242 e. The Kier molecular flexibility index (Phi) is 10.3. The van der Waals surface area contributed by atoms with Gasteiger partial charge in [-0.25, -0.2) is 4.98 Å². The van der Waals surface area contributed by atoms with Crippen LogP contribution in [-0.2, 0) is 9.53 Å². The predicted octanol–water partition coefficient (Wildman–Crippen LogP) is 6.46. The second-order valence-electron chi connectivity index (χ2n) is 9.53. The van der Waals surface area contributed by atoms with E-state index in [0.717, 1.165) is 42.0 Å². The van der Waals surface area contributed by atoms with Gasteiger partial charge < -0.3 is 19.4 Å². The third-order valence-corrected chi connectivity index (χ3v) is 7.95. The molecule has 2 heterocycles. The lowest BCUT2D eigenvalue weighted by atomic mass is 10.00. The maximum absolute atomic E-state index is 13.7. The fourth-order valence-corrected chi connectivity index (χ4v) is 5.24. The van der Waals surface area contributed by atoms with Crippen molar-refractivity contribution < 1.29 is 9.53 Å². The van der Waals surface area contributed by atoms with E-state index in [2.05, 4.69) is 34.1 Å². The van der Waals surface area contributed by atoms with E-state index in [-0.39, 0.29) is 18.5 Å². The van der Waals surface area contributed by atoms with Crippen LogP contribution < -0.4 is 4.90 Å². The van der Waals surface area contributed by atoms with Gasteiger partial charge in [0.05, 0.1) is 29.2 Å². The molecule has 1 aliphatic rings. The normalized spacial score (nSPS) is 14.4. The second-order valence-corrected chi connectivity index (χ2v) is 10.7. The first-order valence-corrected chi connectivity index (χ1v) is 13.9. The van der Waals surface area contributed by atoms with Gasteiger partial charge in [-0.05, 0) is 73.0 Å². The van der Waals surface area contributed by atoms with Crippen LogP contribution in [0, 0.1) is 0 Å². The van der Waals surface area contributed by atoms with Crippen molar-refractivity contribution in [3.63, 3.8) is 0 Å². The molecule has 0 spiro atoms. The van der Waals surface area contributed by atoms with Gasteiger partial charge in [-0.3, -0.25) is 4.79 Å². The lowest BCUT2D eigenvalue weighted by Gasteiger charge is -2.34. The number of ether oxygens (including phenoxy) is 1. The number of anilines is 1. The standard InChI is InChI=1S/C29H33Cl3N4O2/c1-34(29(37)20-36(15-16-38-2)24-9-10-25(30)26(31)18-24)27(19-35-13-3-4-14-35)22-7-5-21(6-8-22)23-11-12-33-28(32)17-23/h5-12,17-18,27H,3-4,13-16,19-20H2,1-2H3. The second kappa shape index (κ2) is 13.6. The molecule has 0 N–H and O–H groups in total. The molecule has 1 unspecified atom stereocenters. The molecule has 38 heavy (non-hydrogen) atoms. The van der Waals surface area contributed by atoms with Gasteiger partial charge in [-0.1, -0.05) is 59.1 Å². The zero-order valence-corrected chi connectivity index (χ0v) is 24.0. The third-order valence-electron chi connectivity index (χ3n) is 7.01. The monoisotopic (exact) mass is 574 g/mol. The fraction of sp³-hybridized carbons (Fsp3) is 0.379. The Morgan fingerprint density at radius 3 is 2.39 bits per heavy atom. The Balaban J connectivity index is 1.56. The van der Waals surface area contributed by atoms with E-state index in [0.29, 0.717) is 28.4 Å². The molecule has 0 saturated carbocycles. The molecule has 1 atom stereocenters. The molecule has 1 fully saturated rings. The Bertz CT molecular complexity index is 1220. The molecule has 0 bridgehead atoms. The molecule has 1 aliphatic heterocycles. The first kappa shape index (κ1) is 28.7. The van der Waals surface area contributed by atoms with Crippen LogP contribution in [-0.4, -0.2) is 74.2 Å². The molecule has 6 nitrogen and oxygen atoms in total. The summed E-state index contributed by atoms with van der Waals surface area (Å²) < 4.78 is 5.31. The number of methoxy groups -OCH3 is 1. The largest absolute Gasteiger partial charge is 0.383 e. The molecule has 4 rings (SSSR count). The van der Waals surface area contributed by atoms with E-state index < -0.39 is 0 Å². The highest BCUT2D eigenvalue weighted by Crippen LogP contribution is 2.29. The molecule has 0 radical (unpaired) electrons. The predicted molar refractivity (Wildman–Crippen MR) is 156 cm³/mol. The molecule has 1 aromatic heterocycles. The van der Waals surface area contributed by atoms with E-state index in [1.165, 1.54) is 12.8 Å². The average molecular weight is 576 g/mol. The lowest BCUT2D eigenvalue weighted by molar-refractivity contribution is -0.131. The summed E-state index contributed by atoms with van der Waals surface area (Å²) in [6, 6.07) is 17.5. The minimum Gasteiger partial charge on any atom is -0.383 e. The van der Waals surface area contributed by atoms with Crippen molar-refractivity contribution >= 4 is 46.4 Å². The number of likely N-dealkylation sites (tertiary alicyclic amines) is 1. The maximum Gasteiger partial charge on any atom is 0.242 e. The van der Waals surface area contributed by atoms with Crippen LogP contribution in [0.2, 0.25) is 15.2 Å². The van der Waals surface area contributed by atoms with Crippen molar-refractivity contribution in [2.75, 3.05) is 58.4 Å². The Hall–Kier alpha value is -2.35. The van der Waals surface area contributed by atoms with Crippen LogP contribution in [0.15, 0.2) is 60.8 Å². The SMILES string of the molecule is COCCN(CC(=O)N(C)C(CN1CCCC1)c1ccc(-c2ccnc(Cl)c2)cc1)c1ccc(Cl)c(Cl)c1. The zero-order valence-electron chi connectivity index (χ0n) is 21.7. The summed E-state index contributed by atoms with van der Waals surface area (Å²) in [5, 5.41) is 1.40. The van der Waals surface area contributed by atoms with Crippen molar-refractivity contribution in [3.8, 4) is 11.1 Å². The first-order valence-electron chi connectivity index (χ1n) is 12.7. The quantitative estimate of drug-likeness (QED) is 0.246. The van der Waals surface area contributed by atoms with Gasteiger partial charge in [-0.2, -0.15) is 0 Å². The molecular formula is C29H33Cl3N4O2. The summed E-state index contributed by atoms with van der Waals surface area (Å²) in [6.45, 7) is 4.11. The molecule has 9 heteroatoms. The van der Waals surface area contributed by atoms with Crippen molar-refractivity contribution in [3.05, 3.63) is 81.6 Å². The van der Waals surface area contributed by atoms with E-state index in [9.17, 15) is 4.79 Å². The summed E-state index contributed by atoms with van der Waals surface area (Å²) >= 11 is 18.5. The Labute approximate surface area is 240 Å². The van der Waals surface area contributed by atoms with Gasteiger partial charge in [-0.15, -0.1) is 0 Å². The Morgan fingerprint density at radius 1 is 1.00 bits per heavy atom. The highest BCUT2D eigenvalue weighted by atomic mass is 35.5. The Morgan fingerprint density at radius 2 is 1.74 bits per heavy atom. The summed E-state index contributed by atoms with van der Waals surface area (Å²) in [5.41, 5.74) is 3.98. The first-order chi connectivity index (χ1) is 18.4. The molecule has 1 amide bonds. The van der Waals surface area contributed by atoms with E-state index in [1.54, 1.807) is 25.4 Å². The lowest BCUT2D eigenvalue weighted by Crippen LogP contribution is -2.44. The summed E-state index contributed by atoms with van der Waals surface area (Å²) in [4.78, 5) is 24.1. The number of likely N-dealkylation sites (N-methyl/N-ethyl adjacent to an activating group) is 1. The summed E-state index contributed by atoms with van der Waals surface area (Å²) in [7, 11) is 3.54. The van der Waals surface area contributed by atoms with Gasteiger partial charge in [0.25, 0.3) is 0 Å². The van der Waals surface area contributed by atoms with Crippen LogP contribution in [0.4, 0.5) is 5.69 Å². The zero-order chi connectivity index (χ0) is 27.1. The van der Waals surface area contributed by atoms with Gasteiger partial charge in [0.2, 0.25) is 5.91 Å². The molecule has 0 aliphatic carbocycles. The number of hydrogen-bond donors (Lipinski definition) is 0. The fourth-order valence-electron chi connectivity index (χ4n) is 4.77. The van der Waals surface area contributed by atoms with Gasteiger partial charge in [0.1, 0.15) is 5.15 Å². The maximum atomic E-state index is 13.7. The minimum absolute atomic E-state index is 0.0152. The highest BCUT2D eigenvalue weighted by Gasteiger charge is 2.27. The number of benzene rings is 2. The number of carbonyl (C=O) groups is 1. The van der Waals surface area contributed by atoms with Crippen molar-refractivity contribution in [2.45, 2.75) is 18.9 Å². The van der Waals surface area contributed by atoms with E-state index in [1.807, 2.05) is 35.0 Å². The van der Waals surface area contributed by atoms with Crippen LogP contribution in [0.5, 0.6) is 0 Å². The number of rotatable bonds is 11. The van der Waals surface area contributed by atoms with Gasteiger partial charge in [0, 0.05) is 39.1 Å². The topological polar surface area (TPSA) is 48.9 Å². The van der Waals surface area contributed by atoms with Crippen LogP contribution in [0.25, 0.3) is 11.1 Å². The number of carbonyl (C=O) groups excluding carboxylic acids is 1. The van der Waals surface area contributed by atoms with E-state index in [4.69, 9.17) is 39.5 Å². The van der Waals surface area contributed by atoms with Gasteiger partial charge >= 0.3 is 0 Å². The highest BCUT2D eigenvalue weighted by molar-refractivity contribution is 6.42. The number of amides is 1. The van der Waals surface area contributed by atoms with Gasteiger partial charge in [0.15, 0.2) is 0 Å². The van der Waals surface area contributed by atoms with Crippen molar-refractivity contribution in [2.24, 2.45) is 0 Å². The van der Waals surface area contributed by atoms with Crippen LogP contribution in [0.1, 0.15) is 24.4 Å². The number of aromatic nitrogens is 1. The molecular weight excluding hydrogens is 543 g/mol. The third kappa shape index (κ3) is 7.39. The van der Waals surface area contributed by atoms with Crippen LogP contribution >= 0.6 is 34.8 Å². The molecule has 202 valence electrons. The van der Waals surface area contributed by atoms with Crippen molar-refractivity contribution in [1.82, 2.24) is 14.8 Å². The minimum atomic E-state index is -0.0891. The number of nitrogens with zero attached hydrogens (tertiary/aromatic N) is 4. The number of hydrogen-bond acceptors (Lipinski definition) is 5. The molecule has 3 aromatic rings. The summed E-state index contributed by atoms with van der Waals surface area (Å²) in [6.07, 6.45) is 4.08. The summed E-state index contributed by atoms with van der Waals surface area (Å²) in [5.74, 6) is 0.0152. The van der Waals surface area contributed by atoms with E-state index >= 15 is 0 Å². The number of halogens is 3. The van der Waals surface area contributed by atoms with Crippen molar-refractivity contribution in [1.29, 1.82) is 0 Å².